The van der Waals surface area contributed by atoms with Gasteiger partial charge in [0.25, 0.3) is 0 Å². The lowest BCUT2D eigenvalue weighted by Crippen LogP contribution is -2.16. The Hall–Kier alpha value is -2.73. The number of nitrogens with zero attached hydrogens (tertiary/aromatic N) is 1. The van der Waals surface area contributed by atoms with E-state index >= 15 is 0 Å². The van der Waals surface area contributed by atoms with E-state index in [2.05, 4.69) is 0 Å². The molecule has 1 aromatic heterocycles. The number of furan rings is 1. The van der Waals surface area contributed by atoms with Gasteiger partial charge in [0.15, 0.2) is 0 Å². The molecule has 1 N–H and O–H groups in total. The summed E-state index contributed by atoms with van der Waals surface area (Å²) in [6.07, 6.45) is -4.37. The number of aliphatic hydroxyl groups excluding tert-OH is 1. The third-order valence-corrected chi connectivity index (χ3v) is 4.14. The molecule has 0 bridgehead atoms. The average molecular weight is 361 g/mol. The van der Waals surface area contributed by atoms with E-state index < -0.39 is 11.7 Å². The molecule has 0 radical (unpaired) electrons. The summed E-state index contributed by atoms with van der Waals surface area (Å²) in [4.78, 5) is 1.97. The van der Waals surface area contributed by atoms with Crippen molar-refractivity contribution < 1.29 is 22.7 Å². The zero-order valence-corrected chi connectivity index (χ0v) is 14.1. The first-order valence-corrected chi connectivity index (χ1v) is 8.04. The van der Waals surface area contributed by atoms with Crippen LogP contribution < -0.4 is 4.90 Å². The van der Waals surface area contributed by atoms with Crippen LogP contribution in [0.5, 0.6) is 0 Å². The molecule has 0 spiro atoms. The van der Waals surface area contributed by atoms with Gasteiger partial charge in [0.1, 0.15) is 11.5 Å². The minimum absolute atomic E-state index is 0.206. The summed E-state index contributed by atoms with van der Waals surface area (Å²) in [5, 5.41) is 9.59. The highest BCUT2D eigenvalue weighted by Gasteiger charge is 2.30. The van der Waals surface area contributed by atoms with Crippen molar-refractivity contribution in [3.63, 3.8) is 0 Å². The van der Waals surface area contributed by atoms with Crippen molar-refractivity contribution in [1.82, 2.24) is 0 Å². The molecule has 0 unspecified atom stereocenters. The molecule has 0 aliphatic rings. The number of alkyl halides is 3. The van der Waals surface area contributed by atoms with Gasteiger partial charge in [-0.05, 0) is 30.3 Å². The molecule has 0 aliphatic heterocycles. The summed E-state index contributed by atoms with van der Waals surface area (Å²) in [5.74, 6) is 1.01. The zero-order chi connectivity index (χ0) is 18.7. The lowest BCUT2D eigenvalue weighted by molar-refractivity contribution is -0.137. The van der Waals surface area contributed by atoms with Crippen LogP contribution in [-0.4, -0.2) is 12.2 Å². The number of hydrogen-bond acceptors (Lipinski definition) is 3. The minimum atomic E-state index is -4.37. The number of hydrogen-bond donors (Lipinski definition) is 1. The lowest BCUT2D eigenvalue weighted by Gasteiger charge is -2.18. The first kappa shape index (κ1) is 18.1. The molecule has 3 nitrogen and oxygen atoms in total. The largest absolute Gasteiger partial charge is 0.459 e. The van der Waals surface area contributed by atoms with Crippen molar-refractivity contribution in [3.05, 3.63) is 77.6 Å². The number of aliphatic hydroxyl groups is 1. The minimum Gasteiger partial charge on any atom is -0.459 e. The van der Waals surface area contributed by atoms with Crippen molar-refractivity contribution >= 4 is 5.69 Å². The molecule has 6 heteroatoms. The number of anilines is 1. The van der Waals surface area contributed by atoms with E-state index in [1.165, 1.54) is 12.1 Å². The van der Waals surface area contributed by atoms with Gasteiger partial charge in [0.2, 0.25) is 0 Å². The Morgan fingerprint density at radius 1 is 1.00 bits per heavy atom. The van der Waals surface area contributed by atoms with Crippen LogP contribution in [-0.2, 0) is 19.3 Å². The first-order valence-electron chi connectivity index (χ1n) is 8.04. The molecule has 3 aromatic rings. The van der Waals surface area contributed by atoms with Crippen LogP contribution in [0.3, 0.4) is 0 Å². The molecule has 0 aliphatic carbocycles. The van der Waals surface area contributed by atoms with E-state index in [4.69, 9.17) is 4.42 Å². The predicted octanol–water partition coefficient (Wildman–Crippen LogP) is 5.09. The summed E-state index contributed by atoms with van der Waals surface area (Å²) in [6.45, 7) is 0.225. The van der Waals surface area contributed by atoms with Crippen molar-refractivity contribution in [3.8, 4) is 11.3 Å². The summed E-state index contributed by atoms with van der Waals surface area (Å²) in [6, 6.07) is 16.1. The molecular formula is C20H18F3NO2. The fourth-order valence-corrected chi connectivity index (χ4v) is 2.69. The molecule has 26 heavy (non-hydrogen) atoms. The second-order valence-electron chi connectivity index (χ2n) is 5.98. The Balaban J connectivity index is 1.85. The molecule has 136 valence electrons. The second kappa shape index (κ2) is 7.25. The predicted molar refractivity (Wildman–Crippen MR) is 93.6 cm³/mol. The van der Waals surface area contributed by atoms with E-state index in [0.29, 0.717) is 29.2 Å². The van der Waals surface area contributed by atoms with Crippen molar-refractivity contribution in [1.29, 1.82) is 0 Å². The fraction of sp³-hybridized carbons (Fsp3) is 0.200. The Bertz CT molecular complexity index is 855. The molecule has 0 saturated carbocycles. The first-order chi connectivity index (χ1) is 12.4. The lowest BCUT2D eigenvalue weighted by atomic mass is 10.1. The molecule has 0 fully saturated rings. The van der Waals surface area contributed by atoms with Gasteiger partial charge in [-0.25, -0.2) is 0 Å². The SMILES string of the molecule is CN(Cc1oc(-c2ccc(C(F)(F)F)cc2)cc1CO)c1ccccc1. The molecule has 3 rings (SSSR count). The summed E-state index contributed by atoms with van der Waals surface area (Å²) in [5.41, 5.74) is 1.42. The standard InChI is InChI=1S/C20H18F3NO2/c1-24(17-5-3-2-4-6-17)12-19-15(13-25)11-18(26-19)14-7-9-16(10-8-14)20(21,22)23/h2-11,25H,12-13H2,1H3. The van der Waals surface area contributed by atoms with Crippen LogP contribution >= 0.6 is 0 Å². The van der Waals surface area contributed by atoms with Gasteiger partial charge in [-0.1, -0.05) is 30.3 Å². The maximum absolute atomic E-state index is 12.7. The monoisotopic (exact) mass is 361 g/mol. The smallest absolute Gasteiger partial charge is 0.416 e. The number of para-hydroxylation sites is 1. The Labute approximate surface area is 149 Å². The maximum atomic E-state index is 12.7. The second-order valence-corrected chi connectivity index (χ2v) is 5.98. The van der Waals surface area contributed by atoms with E-state index in [1.807, 2.05) is 42.3 Å². The van der Waals surface area contributed by atoms with Crippen LogP contribution in [0.1, 0.15) is 16.9 Å². The number of benzene rings is 2. The molecule has 0 saturated heterocycles. The number of halogens is 3. The Morgan fingerprint density at radius 2 is 1.65 bits per heavy atom. The van der Waals surface area contributed by atoms with Gasteiger partial charge in [-0.15, -0.1) is 0 Å². The summed E-state index contributed by atoms with van der Waals surface area (Å²) < 4.78 is 43.9. The highest BCUT2D eigenvalue weighted by Crippen LogP contribution is 2.32. The van der Waals surface area contributed by atoms with Crippen LogP contribution in [0.4, 0.5) is 18.9 Å². The fourth-order valence-electron chi connectivity index (χ4n) is 2.69. The van der Waals surface area contributed by atoms with Crippen molar-refractivity contribution in [2.75, 3.05) is 11.9 Å². The molecular weight excluding hydrogens is 343 g/mol. The maximum Gasteiger partial charge on any atom is 0.416 e. The summed E-state index contributed by atoms with van der Waals surface area (Å²) >= 11 is 0. The van der Waals surface area contributed by atoms with Crippen LogP contribution in [0.15, 0.2) is 65.1 Å². The molecule has 0 amide bonds. The van der Waals surface area contributed by atoms with Gasteiger partial charge >= 0.3 is 6.18 Å². The highest BCUT2D eigenvalue weighted by molar-refractivity contribution is 5.60. The van der Waals surface area contributed by atoms with E-state index in [9.17, 15) is 18.3 Å². The molecule has 0 atom stereocenters. The third kappa shape index (κ3) is 3.91. The average Bonchev–Trinajstić information content (AvgIpc) is 3.04. The molecule has 1 heterocycles. The van der Waals surface area contributed by atoms with Crippen molar-refractivity contribution in [2.45, 2.75) is 19.3 Å². The molecule has 2 aromatic carbocycles. The normalized spacial score (nSPS) is 11.6. The van der Waals surface area contributed by atoms with E-state index in [-0.39, 0.29) is 6.61 Å². The zero-order valence-electron chi connectivity index (χ0n) is 14.1. The Morgan fingerprint density at radius 3 is 2.23 bits per heavy atom. The van der Waals surface area contributed by atoms with Crippen LogP contribution in [0, 0.1) is 0 Å². The Kier molecular flexibility index (Phi) is 5.04. The third-order valence-electron chi connectivity index (χ3n) is 4.14. The topological polar surface area (TPSA) is 36.6 Å². The van der Waals surface area contributed by atoms with Gasteiger partial charge in [0.05, 0.1) is 18.7 Å². The van der Waals surface area contributed by atoms with Crippen molar-refractivity contribution in [2.24, 2.45) is 0 Å². The summed E-state index contributed by atoms with van der Waals surface area (Å²) in [7, 11) is 1.90. The van der Waals surface area contributed by atoms with Gasteiger partial charge in [0, 0.05) is 23.9 Å². The highest BCUT2D eigenvalue weighted by atomic mass is 19.4. The quantitative estimate of drug-likeness (QED) is 0.687. The van der Waals surface area contributed by atoms with Crippen LogP contribution in [0.25, 0.3) is 11.3 Å². The van der Waals surface area contributed by atoms with E-state index in [0.717, 1.165) is 17.8 Å². The number of rotatable bonds is 5. The van der Waals surface area contributed by atoms with Gasteiger partial charge in [-0.2, -0.15) is 13.2 Å². The van der Waals surface area contributed by atoms with E-state index in [1.54, 1.807) is 6.07 Å². The van der Waals surface area contributed by atoms with Gasteiger partial charge < -0.3 is 14.4 Å². The van der Waals surface area contributed by atoms with Crippen LogP contribution in [0.2, 0.25) is 0 Å². The van der Waals surface area contributed by atoms with Gasteiger partial charge in [-0.3, -0.25) is 0 Å².